The molecule has 0 spiro atoms. The molecule has 0 aliphatic heterocycles. The van der Waals surface area contributed by atoms with Crippen molar-refractivity contribution in [3.63, 3.8) is 0 Å². The Hall–Kier alpha value is -2.64. The number of carbonyl (C=O) groups excluding carboxylic acids is 2. The van der Waals surface area contributed by atoms with E-state index >= 15 is 0 Å². The minimum absolute atomic E-state index is 0.121. The van der Waals surface area contributed by atoms with Crippen LogP contribution in [0, 0.1) is 10.1 Å². The first-order chi connectivity index (χ1) is 11.2. The van der Waals surface area contributed by atoms with E-state index < -0.39 is 16.6 Å². The quantitative estimate of drug-likeness (QED) is 0.451. The molecule has 0 saturated carbocycles. The zero-order chi connectivity index (χ0) is 18.2. The maximum absolute atomic E-state index is 11.9. The topological polar surface area (TPSA) is 111 Å². The van der Waals surface area contributed by atoms with Gasteiger partial charge in [0.2, 0.25) is 0 Å². The Kier molecular flexibility index (Phi) is 7.16. The van der Waals surface area contributed by atoms with Crippen LogP contribution in [0.5, 0.6) is 0 Å². The maximum Gasteiger partial charge on any atom is 0.407 e. The lowest BCUT2D eigenvalue weighted by molar-refractivity contribution is -0.384. The molecule has 132 valence electrons. The number of hydrogen-bond acceptors (Lipinski definition) is 5. The van der Waals surface area contributed by atoms with Crippen LogP contribution < -0.4 is 10.6 Å². The summed E-state index contributed by atoms with van der Waals surface area (Å²) in [6.45, 7) is 6.22. The van der Waals surface area contributed by atoms with Crippen LogP contribution in [0.1, 0.15) is 44.0 Å². The summed E-state index contributed by atoms with van der Waals surface area (Å²) >= 11 is 0. The van der Waals surface area contributed by atoms with Crippen molar-refractivity contribution in [3.05, 3.63) is 39.9 Å². The summed E-state index contributed by atoms with van der Waals surface area (Å²) < 4.78 is 5.10. The molecule has 0 aliphatic carbocycles. The van der Waals surface area contributed by atoms with Crippen LogP contribution in [0.4, 0.5) is 10.5 Å². The number of unbranched alkanes of at least 4 members (excludes halogenated alkanes) is 1. The first kappa shape index (κ1) is 19.4. The average Bonchev–Trinajstić information content (AvgIpc) is 2.48. The Morgan fingerprint density at radius 2 is 1.79 bits per heavy atom. The summed E-state index contributed by atoms with van der Waals surface area (Å²) in [4.78, 5) is 33.4. The number of amides is 2. The van der Waals surface area contributed by atoms with E-state index in [2.05, 4.69) is 10.6 Å². The van der Waals surface area contributed by atoms with Gasteiger partial charge in [0.25, 0.3) is 11.6 Å². The molecular weight excluding hydrogens is 314 g/mol. The molecule has 0 unspecified atom stereocenters. The van der Waals surface area contributed by atoms with E-state index in [9.17, 15) is 19.7 Å². The van der Waals surface area contributed by atoms with Crippen LogP contribution in [-0.2, 0) is 4.74 Å². The molecule has 1 rings (SSSR count). The van der Waals surface area contributed by atoms with E-state index in [1.165, 1.54) is 24.3 Å². The van der Waals surface area contributed by atoms with E-state index in [4.69, 9.17) is 4.74 Å². The first-order valence-electron chi connectivity index (χ1n) is 7.68. The number of non-ortho nitro benzene ring substituents is 1. The highest BCUT2D eigenvalue weighted by Crippen LogP contribution is 2.12. The number of nitrogens with one attached hydrogen (secondary N) is 2. The van der Waals surface area contributed by atoms with E-state index in [0.717, 1.165) is 0 Å². The summed E-state index contributed by atoms with van der Waals surface area (Å²) in [5.74, 6) is -0.362. The van der Waals surface area contributed by atoms with Gasteiger partial charge in [-0.15, -0.1) is 0 Å². The Balaban J connectivity index is 2.24. The van der Waals surface area contributed by atoms with Gasteiger partial charge in [0, 0.05) is 30.8 Å². The molecule has 24 heavy (non-hydrogen) atoms. The van der Waals surface area contributed by atoms with Crippen LogP contribution in [0.2, 0.25) is 0 Å². The molecule has 0 radical (unpaired) electrons. The predicted molar refractivity (Wildman–Crippen MR) is 88.9 cm³/mol. The molecule has 8 heteroatoms. The molecule has 2 N–H and O–H groups in total. The summed E-state index contributed by atoms with van der Waals surface area (Å²) in [6.07, 6.45) is 0.869. The monoisotopic (exact) mass is 337 g/mol. The number of nitro benzene ring substituents is 1. The van der Waals surface area contributed by atoms with Crippen molar-refractivity contribution in [2.24, 2.45) is 0 Å². The lowest BCUT2D eigenvalue weighted by Crippen LogP contribution is -2.33. The van der Waals surface area contributed by atoms with Crippen molar-refractivity contribution >= 4 is 17.7 Å². The highest BCUT2D eigenvalue weighted by atomic mass is 16.6. The molecular formula is C16H23N3O5. The van der Waals surface area contributed by atoms with Crippen molar-refractivity contribution in [2.45, 2.75) is 39.2 Å². The van der Waals surface area contributed by atoms with E-state index in [0.29, 0.717) is 25.9 Å². The van der Waals surface area contributed by atoms with Gasteiger partial charge in [-0.25, -0.2) is 4.79 Å². The second-order valence-electron chi connectivity index (χ2n) is 6.20. The molecule has 0 aromatic heterocycles. The average molecular weight is 337 g/mol. The molecule has 2 amide bonds. The number of benzene rings is 1. The Labute approximate surface area is 140 Å². The van der Waals surface area contributed by atoms with Crippen LogP contribution in [-0.4, -0.2) is 35.6 Å². The maximum atomic E-state index is 11.9. The molecule has 0 aliphatic rings. The third-order valence-electron chi connectivity index (χ3n) is 2.88. The lowest BCUT2D eigenvalue weighted by atomic mass is 10.2. The second-order valence-corrected chi connectivity index (χ2v) is 6.20. The molecule has 8 nitrogen and oxygen atoms in total. The fourth-order valence-electron chi connectivity index (χ4n) is 1.82. The first-order valence-corrected chi connectivity index (χ1v) is 7.68. The lowest BCUT2D eigenvalue weighted by Gasteiger charge is -2.19. The Morgan fingerprint density at radius 1 is 1.17 bits per heavy atom. The van der Waals surface area contributed by atoms with Crippen molar-refractivity contribution < 1.29 is 19.2 Å². The van der Waals surface area contributed by atoms with Gasteiger partial charge < -0.3 is 15.4 Å². The standard InChI is InChI=1S/C16H23N3O5/c1-16(2,3)24-15(21)18-10-5-4-9-17-14(20)12-7-6-8-13(11-12)19(22)23/h6-8,11H,4-5,9-10H2,1-3H3,(H,17,20)(H,18,21). The highest BCUT2D eigenvalue weighted by Gasteiger charge is 2.15. The van der Waals surface area contributed by atoms with Crippen molar-refractivity contribution in [1.29, 1.82) is 0 Å². The van der Waals surface area contributed by atoms with E-state index in [-0.39, 0.29) is 17.2 Å². The SMILES string of the molecule is CC(C)(C)OC(=O)NCCCCNC(=O)c1cccc([N+](=O)[O-])c1. The number of alkyl carbamates (subject to hydrolysis) is 1. The summed E-state index contributed by atoms with van der Waals surface area (Å²) in [5.41, 5.74) is -0.406. The fraction of sp³-hybridized carbons (Fsp3) is 0.500. The molecule has 0 atom stereocenters. The van der Waals surface area contributed by atoms with Crippen molar-refractivity contribution in [3.8, 4) is 0 Å². The Morgan fingerprint density at radius 3 is 2.38 bits per heavy atom. The zero-order valence-electron chi connectivity index (χ0n) is 14.1. The normalized spacial score (nSPS) is 10.8. The number of nitro groups is 1. The minimum atomic E-state index is -0.543. The number of carbonyl (C=O) groups is 2. The molecule has 1 aromatic rings. The second kappa shape index (κ2) is 8.85. The van der Waals surface area contributed by atoms with Gasteiger partial charge in [-0.3, -0.25) is 14.9 Å². The zero-order valence-corrected chi connectivity index (χ0v) is 14.1. The van der Waals surface area contributed by atoms with Gasteiger partial charge in [0.05, 0.1) is 4.92 Å². The van der Waals surface area contributed by atoms with Crippen LogP contribution in [0.25, 0.3) is 0 Å². The van der Waals surface area contributed by atoms with Gasteiger partial charge in [0.1, 0.15) is 5.60 Å². The van der Waals surface area contributed by atoms with Gasteiger partial charge in [-0.1, -0.05) is 6.07 Å². The smallest absolute Gasteiger partial charge is 0.407 e. The molecule has 0 fully saturated rings. The summed E-state index contributed by atoms with van der Waals surface area (Å²) in [6, 6.07) is 5.56. The number of nitrogens with zero attached hydrogens (tertiary/aromatic N) is 1. The molecule has 0 saturated heterocycles. The number of hydrogen-bond donors (Lipinski definition) is 2. The van der Waals surface area contributed by atoms with Gasteiger partial charge in [-0.05, 0) is 39.7 Å². The Bertz CT molecular complexity index is 596. The third kappa shape index (κ3) is 7.57. The molecule has 1 aromatic carbocycles. The molecule has 0 bridgehead atoms. The highest BCUT2D eigenvalue weighted by molar-refractivity contribution is 5.94. The summed E-state index contributed by atoms with van der Waals surface area (Å²) in [5, 5.41) is 16.0. The predicted octanol–water partition coefficient (Wildman–Crippen LogP) is 2.63. The van der Waals surface area contributed by atoms with Crippen LogP contribution in [0.15, 0.2) is 24.3 Å². The minimum Gasteiger partial charge on any atom is -0.444 e. The van der Waals surface area contributed by atoms with Gasteiger partial charge in [0.15, 0.2) is 0 Å². The molecule has 0 heterocycles. The van der Waals surface area contributed by atoms with Gasteiger partial charge in [-0.2, -0.15) is 0 Å². The largest absolute Gasteiger partial charge is 0.444 e. The fourth-order valence-corrected chi connectivity index (χ4v) is 1.82. The van der Waals surface area contributed by atoms with Crippen molar-refractivity contribution in [1.82, 2.24) is 10.6 Å². The van der Waals surface area contributed by atoms with Crippen LogP contribution >= 0.6 is 0 Å². The van der Waals surface area contributed by atoms with Gasteiger partial charge >= 0.3 is 6.09 Å². The van der Waals surface area contributed by atoms with E-state index in [1.54, 1.807) is 20.8 Å². The number of ether oxygens (including phenoxy) is 1. The van der Waals surface area contributed by atoms with E-state index in [1.807, 2.05) is 0 Å². The summed E-state index contributed by atoms with van der Waals surface area (Å²) in [7, 11) is 0. The third-order valence-corrected chi connectivity index (χ3v) is 2.88. The van der Waals surface area contributed by atoms with Crippen LogP contribution in [0.3, 0.4) is 0 Å². The van der Waals surface area contributed by atoms with Crippen molar-refractivity contribution in [2.75, 3.05) is 13.1 Å². The number of rotatable bonds is 7.